The fourth-order valence-electron chi connectivity index (χ4n) is 3.43. The summed E-state index contributed by atoms with van der Waals surface area (Å²) in [5, 5.41) is 14.1. The molecule has 0 aliphatic heterocycles. The van der Waals surface area contributed by atoms with Crippen molar-refractivity contribution in [3.63, 3.8) is 0 Å². The van der Waals surface area contributed by atoms with E-state index in [2.05, 4.69) is 15.1 Å². The van der Waals surface area contributed by atoms with Gasteiger partial charge in [-0.15, -0.1) is 16.9 Å². The summed E-state index contributed by atoms with van der Waals surface area (Å²) in [4.78, 5) is 8.80. The van der Waals surface area contributed by atoms with Gasteiger partial charge in [-0.05, 0) is 30.9 Å². The number of aromatic nitrogens is 4. The zero-order valence-electron chi connectivity index (χ0n) is 14.0. The van der Waals surface area contributed by atoms with Crippen LogP contribution < -0.4 is 0 Å². The Labute approximate surface area is 153 Å². The van der Waals surface area contributed by atoms with E-state index in [1.807, 2.05) is 0 Å². The van der Waals surface area contributed by atoms with Crippen LogP contribution in [0.25, 0.3) is 5.78 Å². The first-order chi connectivity index (χ1) is 12.6. The molecule has 5 nitrogen and oxygen atoms in total. The van der Waals surface area contributed by atoms with E-state index in [1.54, 1.807) is 6.07 Å². The summed E-state index contributed by atoms with van der Waals surface area (Å²) in [6.07, 6.45) is 6.82. The van der Waals surface area contributed by atoms with Crippen molar-refractivity contribution in [1.82, 2.24) is 19.6 Å². The number of thioether (sulfide) groups is 1. The summed E-state index contributed by atoms with van der Waals surface area (Å²) in [6, 6.07) is 5.62. The summed E-state index contributed by atoms with van der Waals surface area (Å²) in [6.45, 7) is 0. The average molecular weight is 376 g/mol. The van der Waals surface area contributed by atoms with Crippen molar-refractivity contribution in [1.29, 1.82) is 0 Å². The third kappa shape index (κ3) is 3.25. The highest BCUT2D eigenvalue weighted by Crippen LogP contribution is 2.46. The van der Waals surface area contributed by atoms with Gasteiger partial charge in [0.15, 0.2) is 17.5 Å². The Morgan fingerprint density at radius 2 is 1.96 bits per heavy atom. The minimum absolute atomic E-state index is 0.0573. The molecule has 26 heavy (non-hydrogen) atoms. The lowest BCUT2D eigenvalue weighted by molar-refractivity contribution is 0.345. The second-order valence-electron chi connectivity index (χ2n) is 6.47. The molecule has 1 unspecified atom stereocenters. The highest BCUT2D eigenvalue weighted by Gasteiger charge is 2.31. The van der Waals surface area contributed by atoms with Gasteiger partial charge < -0.3 is 5.11 Å². The maximum absolute atomic E-state index is 14.2. The van der Waals surface area contributed by atoms with E-state index in [1.165, 1.54) is 41.0 Å². The number of fused-ring (bicyclic) bond motifs is 1. The predicted molar refractivity (Wildman–Crippen MR) is 94.0 cm³/mol. The highest BCUT2D eigenvalue weighted by molar-refractivity contribution is 7.99. The van der Waals surface area contributed by atoms with Gasteiger partial charge >= 0.3 is 0 Å². The number of nitrogens with zero attached hydrogens (tertiary/aromatic N) is 4. The van der Waals surface area contributed by atoms with Crippen molar-refractivity contribution in [3.8, 4) is 5.88 Å². The molecule has 8 heteroatoms. The van der Waals surface area contributed by atoms with Crippen molar-refractivity contribution in [2.45, 2.75) is 42.2 Å². The van der Waals surface area contributed by atoms with Crippen molar-refractivity contribution in [2.75, 3.05) is 0 Å². The Bertz CT molecular complexity index is 927. The largest absolute Gasteiger partial charge is 0.493 e. The van der Waals surface area contributed by atoms with E-state index in [0.29, 0.717) is 11.6 Å². The number of aromatic hydroxyl groups is 1. The molecule has 0 spiro atoms. The molecule has 1 atom stereocenters. The zero-order valence-corrected chi connectivity index (χ0v) is 14.8. The van der Waals surface area contributed by atoms with Crippen LogP contribution in [0.2, 0.25) is 0 Å². The van der Waals surface area contributed by atoms with Crippen molar-refractivity contribution in [3.05, 3.63) is 47.9 Å². The molecule has 1 aliphatic rings. The van der Waals surface area contributed by atoms with Gasteiger partial charge in [0, 0.05) is 17.2 Å². The standard InChI is InChI=1S/C18H18F2N4OS/c19-12-7-4-8-13(15(12)20)26-16(11-5-2-1-3-6-11)17-22-18-21-10-9-14(25)24(18)23-17/h4,7-11,16,25H,1-3,5-6H2. The van der Waals surface area contributed by atoms with Crippen LogP contribution in [0.3, 0.4) is 0 Å². The first kappa shape index (κ1) is 17.2. The lowest BCUT2D eigenvalue weighted by Gasteiger charge is -2.28. The van der Waals surface area contributed by atoms with Gasteiger partial charge in [0.1, 0.15) is 0 Å². The summed E-state index contributed by atoms with van der Waals surface area (Å²) in [7, 11) is 0. The Morgan fingerprint density at radius 3 is 2.73 bits per heavy atom. The fourth-order valence-corrected chi connectivity index (χ4v) is 4.73. The zero-order chi connectivity index (χ0) is 18.1. The topological polar surface area (TPSA) is 63.3 Å². The van der Waals surface area contributed by atoms with Crippen LogP contribution in [0.4, 0.5) is 8.78 Å². The van der Waals surface area contributed by atoms with E-state index in [-0.39, 0.29) is 21.9 Å². The third-order valence-corrected chi connectivity index (χ3v) is 6.16. The number of rotatable bonds is 4. The van der Waals surface area contributed by atoms with E-state index in [0.717, 1.165) is 31.7 Å². The quantitative estimate of drug-likeness (QED) is 0.678. The van der Waals surface area contributed by atoms with Crippen LogP contribution in [-0.4, -0.2) is 24.7 Å². The van der Waals surface area contributed by atoms with Crippen LogP contribution in [-0.2, 0) is 0 Å². The van der Waals surface area contributed by atoms with E-state index in [9.17, 15) is 13.9 Å². The van der Waals surface area contributed by atoms with Crippen molar-refractivity contribution < 1.29 is 13.9 Å². The SMILES string of the molecule is Oc1ccnc2nc(C(Sc3cccc(F)c3F)C3CCCCC3)nn12. The van der Waals surface area contributed by atoms with Crippen LogP contribution in [0.1, 0.15) is 43.2 Å². The molecule has 1 fully saturated rings. The van der Waals surface area contributed by atoms with Gasteiger partial charge in [-0.2, -0.15) is 9.50 Å². The Morgan fingerprint density at radius 1 is 1.15 bits per heavy atom. The van der Waals surface area contributed by atoms with Crippen LogP contribution in [0.15, 0.2) is 35.4 Å². The van der Waals surface area contributed by atoms with Crippen LogP contribution in [0, 0.1) is 17.6 Å². The Balaban J connectivity index is 1.74. The number of halogens is 2. The monoisotopic (exact) mass is 376 g/mol. The van der Waals surface area contributed by atoms with Gasteiger partial charge in [0.05, 0.1) is 5.25 Å². The number of hydrogen-bond acceptors (Lipinski definition) is 5. The molecule has 1 N–H and O–H groups in total. The molecule has 0 amide bonds. The lowest BCUT2D eigenvalue weighted by atomic mass is 9.86. The summed E-state index contributed by atoms with van der Waals surface area (Å²) in [5.41, 5.74) is 0. The molecule has 136 valence electrons. The second kappa shape index (κ2) is 7.19. The maximum atomic E-state index is 14.2. The molecule has 0 radical (unpaired) electrons. The normalized spacial score (nSPS) is 16.8. The van der Waals surface area contributed by atoms with Crippen LogP contribution >= 0.6 is 11.8 Å². The summed E-state index contributed by atoms with van der Waals surface area (Å²) < 4.78 is 29.1. The van der Waals surface area contributed by atoms with E-state index in [4.69, 9.17) is 0 Å². The molecule has 1 aliphatic carbocycles. The first-order valence-corrected chi connectivity index (χ1v) is 9.53. The molecule has 3 aromatic rings. The van der Waals surface area contributed by atoms with Gasteiger partial charge in [-0.1, -0.05) is 25.3 Å². The van der Waals surface area contributed by atoms with Gasteiger partial charge in [-0.3, -0.25) is 0 Å². The number of hydrogen-bond donors (Lipinski definition) is 1. The first-order valence-electron chi connectivity index (χ1n) is 8.65. The molecule has 4 rings (SSSR count). The van der Waals surface area contributed by atoms with Crippen molar-refractivity contribution >= 4 is 17.5 Å². The molecule has 1 saturated carbocycles. The van der Waals surface area contributed by atoms with Gasteiger partial charge in [0.25, 0.3) is 5.78 Å². The highest BCUT2D eigenvalue weighted by atomic mass is 32.2. The Hall–Kier alpha value is -2.22. The number of benzene rings is 1. The van der Waals surface area contributed by atoms with Crippen LogP contribution in [0.5, 0.6) is 5.88 Å². The summed E-state index contributed by atoms with van der Waals surface area (Å²) >= 11 is 1.25. The Kier molecular flexibility index (Phi) is 4.76. The fraction of sp³-hybridized carbons (Fsp3) is 0.389. The summed E-state index contributed by atoms with van der Waals surface area (Å²) in [5.74, 6) is -0.725. The second-order valence-corrected chi connectivity index (χ2v) is 7.66. The minimum atomic E-state index is -0.861. The maximum Gasteiger partial charge on any atom is 0.255 e. The molecule has 0 bridgehead atoms. The molecule has 2 heterocycles. The molecule has 2 aromatic heterocycles. The van der Waals surface area contributed by atoms with Crippen molar-refractivity contribution in [2.24, 2.45) is 5.92 Å². The van der Waals surface area contributed by atoms with Gasteiger partial charge in [0.2, 0.25) is 5.88 Å². The van der Waals surface area contributed by atoms with E-state index >= 15 is 0 Å². The lowest BCUT2D eigenvalue weighted by Crippen LogP contribution is -2.15. The molecule has 1 aromatic carbocycles. The smallest absolute Gasteiger partial charge is 0.255 e. The third-order valence-electron chi connectivity index (χ3n) is 4.74. The average Bonchev–Trinajstić information content (AvgIpc) is 3.09. The molecule has 0 saturated heterocycles. The minimum Gasteiger partial charge on any atom is -0.493 e. The van der Waals surface area contributed by atoms with Gasteiger partial charge in [-0.25, -0.2) is 13.8 Å². The van der Waals surface area contributed by atoms with E-state index < -0.39 is 11.6 Å². The predicted octanol–water partition coefficient (Wildman–Crippen LogP) is 4.52. The molecular weight excluding hydrogens is 358 g/mol. The molecular formula is C18H18F2N4OS.